The van der Waals surface area contributed by atoms with E-state index in [9.17, 15) is 17.2 Å². The SMILES string of the molecule is Cc1nn(C(F)F)cc1S(=O)(=O)N1CCC(c2nnc3n2CCCCC3)CC1. The molecule has 2 aliphatic rings. The van der Waals surface area contributed by atoms with Crippen molar-refractivity contribution in [1.82, 2.24) is 28.9 Å². The van der Waals surface area contributed by atoms with Gasteiger partial charge >= 0.3 is 6.55 Å². The first kappa shape index (κ1) is 19.4. The second-order valence-electron chi connectivity index (χ2n) is 7.45. The minimum Gasteiger partial charge on any atom is -0.315 e. The van der Waals surface area contributed by atoms with Crippen LogP contribution in [0.2, 0.25) is 0 Å². The molecule has 0 unspecified atom stereocenters. The Morgan fingerprint density at radius 1 is 1.11 bits per heavy atom. The van der Waals surface area contributed by atoms with E-state index < -0.39 is 16.6 Å². The molecular formula is C17H24F2N6O2S. The third kappa shape index (κ3) is 3.45. The highest BCUT2D eigenvalue weighted by Crippen LogP contribution is 2.32. The second-order valence-corrected chi connectivity index (χ2v) is 9.36. The standard InChI is InChI=1S/C17H24F2N6O2S/c1-12-14(11-25(22-12)17(18)19)28(26,27)23-9-6-13(7-10-23)16-21-20-15-5-3-2-4-8-24(15)16/h11,13,17H,2-10H2,1H3. The van der Waals surface area contributed by atoms with Gasteiger partial charge in [0.2, 0.25) is 10.0 Å². The lowest BCUT2D eigenvalue weighted by Crippen LogP contribution is -2.38. The van der Waals surface area contributed by atoms with E-state index in [0.717, 1.165) is 43.7 Å². The maximum atomic E-state index is 12.9. The number of nitrogens with zero attached hydrogens (tertiary/aromatic N) is 6. The molecule has 154 valence electrons. The summed E-state index contributed by atoms with van der Waals surface area (Å²) < 4.78 is 55.5. The van der Waals surface area contributed by atoms with Gasteiger partial charge < -0.3 is 4.57 Å². The molecule has 2 aliphatic heterocycles. The van der Waals surface area contributed by atoms with Crippen LogP contribution in [0.25, 0.3) is 0 Å². The molecule has 0 spiro atoms. The average molecular weight is 414 g/mol. The number of hydrogen-bond donors (Lipinski definition) is 0. The van der Waals surface area contributed by atoms with E-state index in [-0.39, 0.29) is 16.5 Å². The van der Waals surface area contributed by atoms with Crippen LogP contribution in [0.3, 0.4) is 0 Å². The van der Waals surface area contributed by atoms with Crippen molar-refractivity contribution in [2.75, 3.05) is 13.1 Å². The van der Waals surface area contributed by atoms with Crippen molar-refractivity contribution < 1.29 is 17.2 Å². The molecule has 1 saturated heterocycles. The smallest absolute Gasteiger partial charge is 0.315 e. The number of rotatable bonds is 4. The van der Waals surface area contributed by atoms with Crippen LogP contribution in [0.15, 0.2) is 11.1 Å². The Hall–Kier alpha value is -1.88. The molecule has 0 aliphatic carbocycles. The van der Waals surface area contributed by atoms with Gasteiger partial charge in [0.25, 0.3) is 0 Å². The Morgan fingerprint density at radius 2 is 1.86 bits per heavy atom. The first-order chi connectivity index (χ1) is 13.4. The number of hydrogen-bond acceptors (Lipinski definition) is 5. The van der Waals surface area contributed by atoms with E-state index >= 15 is 0 Å². The van der Waals surface area contributed by atoms with E-state index in [1.807, 2.05) is 0 Å². The van der Waals surface area contributed by atoms with Crippen molar-refractivity contribution in [3.63, 3.8) is 0 Å². The minimum atomic E-state index is -3.85. The van der Waals surface area contributed by atoms with Crippen molar-refractivity contribution in [3.8, 4) is 0 Å². The van der Waals surface area contributed by atoms with Gasteiger partial charge in [-0.25, -0.2) is 13.1 Å². The van der Waals surface area contributed by atoms with Gasteiger partial charge in [-0.05, 0) is 32.6 Å². The highest BCUT2D eigenvalue weighted by atomic mass is 32.2. The lowest BCUT2D eigenvalue weighted by Gasteiger charge is -2.30. The summed E-state index contributed by atoms with van der Waals surface area (Å²) in [6.45, 7) is 0.145. The van der Waals surface area contributed by atoms with Crippen LogP contribution in [0.1, 0.15) is 61.9 Å². The van der Waals surface area contributed by atoms with Crippen LogP contribution in [-0.4, -0.2) is 50.4 Å². The Morgan fingerprint density at radius 3 is 2.54 bits per heavy atom. The molecule has 1 fully saturated rings. The molecule has 0 amide bonds. The number of piperidine rings is 1. The first-order valence-corrected chi connectivity index (χ1v) is 11.1. The van der Waals surface area contributed by atoms with Gasteiger partial charge in [-0.15, -0.1) is 10.2 Å². The summed E-state index contributed by atoms with van der Waals surface area (Å²) in [5, 5.41) is 12.4. The zero-order valence-electron chi connectivity index (χ0n) is 15.8. The van der Waals surface area contributed by atoms with Crippen LogP contribution in [0, 0.1) is 6.92 Å². The summed E-state index contributed by atoms with van der Waals surface area (Å²) in [7, 11) is -3.85. The lowest BCUT2D eigenvalue weighted by molar-refractivity contribution is 0.0561. The predicted octanol–water partition coefficient (Wildman–Crippen LogP) is 2.47. The molecule has 0 atom stereocenters. The normalized spacial score (nSPS) is 19.7. The largest absolute Gasteiger partial charge is 0.333 e. The van der Waals surface area contributed by atoms with E-state index in [0.29, 0.717) is 30.6 Å². The Labute approximate surface area is 162 Å². The monoisotopic (exact) mass is 414 g/mol. The van der Waals surface area contributed by atoms with E-state index in [1.54, 1.807) is 0 Å². The molecule has 2 aromatic heterocycles. The Kier molecular flexibility index (Phi) is 5.21. The molecule has 0 bridgehead atoms. The van der Waals surface area contributed by atoms with Crippen LogP contribution in [-0.2, 0) is 23.0 Å². The van der Waals surface area contributed by atoms with Crippen LogP contribution in [0.5, 0.6) is 0 Å². The van der Waals surface area contributed by atoms with E-state index in [4.69, 9.17) is 0 Å². The molecule has 0 radical (unpaired) electrons. The van der Waals surface area contributed by atoms with Crippen LogP contribution >= 0.6 is 0 Å². The van der Waals surface area contributed by atoms with Gasteiger partial charge in [0.15, 0.2) is 0 Å². The molecule has 0 saturated carbocycles. The van der Waals surface area contributed by atoms with Crippen LogP contribution < -0.4 is 0 Å². The predicted molar refractivity (Wildman–Crippen MR) is 96.5 cm³/mol. The zero-order valence-corrected chi connectivity index (χ0v) is 16.6. The van der Waals surface area contributed by atoms with Crippen LogP contribution in [0.4, 0.5) is 8.78 Å². The van der Waals surface area contributed by atoms with Gasteiger partial charge in [-0.1, -0.05) is 6.42 Å². The maximum absolute atomic E-state index is 12.9. The Balaban J connectivity index is 1.49. The third-order valence-corrected chi connectivity index (χ3v) is 7.65. The minimum absolute atomic E-state index is 0.0881. The Bertz CT molecular complexity index is 947. The molecule has 28 heavy (non-hydrogen) atoms. The fraction of sp³-hybridized carbons (Fsp3) is 0.706. The molecule has 11 heteroatoms. The quantitative estimate of drug-likeness (QED) is 0.767. The van der Waals surface area contributed by atoms with E-state index in [2.05, 4.69) is 19.9 Å². The summed E-state index contributed by atoms with van der Waals surface area (Å²) in [5.74, 6) is 2.14. The van der Waals surface area contributed by atoms with Gasteiger partial charge in [-0.3, -0.25) is 0 Å². The van der Waals surface area contributed by atoms with Crippen molar-refractivity contribution in [1.29, 1.82) is 0 Å². The second kappa shape index (κ2) is 7.51. The fourth-order valence-corrected chi connectivity index (χ4v) is 5.75. The summed E-state index contributed by atoms with van der Waals surface area (Å²) in [5.41, 5.74) is 0.0881. The number of halogens is 2. The summed E-state index contributed by atoms with van der Waals surface area (Å²) in [6, 6.07) is 0. The average Bonchev–Trinajstić information content (AvgIpc) is 3.19. The first-order valence-electron chi connectivity index (χ1n) is 9.64. The topological polar surface area (TPSA) is 85.9 Å². The van der Waals surface area contributed by atoms with Crippen molar-refractivity contribution in [3.05, 3.63) is 23.5 Å². The number of alkyl halides is 2. The number of sulfonamides is 1. The summed E-state index contributed by atoms with van der Waals surface area (Å²) in [6.07, 6.45) is 6.55. The summed E-state index contributed by atoms with van der Waals surface area (Å²) in [4.78, 5) is -0.150. The molecule has 8 nitrogen and oxygen atoms in total. The van der Waals surface area contributed by atoms with Gasteiger partial charge in [-0.2, -0.15) is 18.2 Å². The zero-order chi connectivity index (χ0) is 19.9. The highest BCUT2D eigenvalue weighted by molar-refractivity contribution is 7.89. The summed E-state index contributed by atoms with van der Waals surface area (Å²) >= 11 is 0. The third-order valence-electron chi connectivity index (χ3n) is 5.65. The molecular weight excluding hydrogens is 390 g/mol. The number of fused-ring (bicyclic) bond motifs is 1. The molecule has 0 aromatic carbocycles. The number of aromatic nitrogens is 5. The highest BCUT2D eigenvalue weighted by Gasteiger charge is 2.34. The fourth-order valence-electron chi connectivity index (χ4n) is 4.12. The van der Waals surface area contributed by atoms with Crippen molar-refractivity contribution in [2.24, 2.45) is 0 Å². The van der Waals surface area contributed by atoms with Gasteiger partial charge in [0.1, 0.15) is 16.5 Å². The van der Waals surface area contributed by atoms with Crippen molar-refractivity contribution >= 4 is 10.0 Å². The van der Waals surface area contributed by atoms with Gasteiger partial charge in [0.05, 0.1) is 11.9 Å². The maximum Gasteiger partial charge on any atom is 0.333 e. The molecule has 4 heterocycles. The molecule has 2 aromatic rings. The van der Waals surface area contributed by atoms with Gasteiger partial charge in [0, 0.05) is 32.0 Å². The molecule has 4 rings (SSSR count). The number of aryl methyl sites for hydroxylation is 2. The van der Waals surface area contributed by atoms with Crippen molar-refractivity contribution in [2.45, 2.75) is 69.4 Å². The van der Waals surface area contributed by atoms with E-state index in [1.165, 1.54) is 17.6 Å². The lowest BCUT2D eigenvalue weighted by atomic mass is 9.97. The molecule has 0 N–H and O–H groups in total.